The Morgan fingerprint density at radius 3 is 2.57 bits per heavy atom. The van der Waals surface area contributed by atoms with Gasteiger partial charge in [-0.15, -0.1) is 0 Å². The second-order valence-electron chi connectivity index (χ2n) is 6.46. The van der Waals surface area contributed by atoms with E-state index in [0.29, 0.717) is 34.9 Å². The van der Waals surface area contributed by atoms with E-state index in [1.165, 1.54) is 20.4 Å². The van der Waals surface area contributed by atoms with E-state index in [-0.39, 0.29) is 0 Å². The summed E-state index contributed by atoms with van der Waals surface area (Å²) in [5.41, 5.74) is 1.17. The lowest BCUT2D eigenvalue weighted by molar-refractivity contribution is 0.0994. The van der Waals surface area contributed by atoms with Gasteiger partial charge >= 0.3 is 0 Å². The molecule has 7 heteroatoms. The third kappa shape index (κ3) is 4.86. The van der Waals surface area contributed by atoms with E-state index in [9.17, 15) is 4.79 Å². The molecule has 0 saturated carbocycles. The molecule has 156 valence electrons. The van der Waals surface area contributed by atoms with Gasteiger partial charge in [0.2, 0.25) is 5.88 Å². The number of nitrogens with zero attached hydrogens (tertiary/aromatic N) is 3. The molecule has 1 aromatic heterocycles. The van der Waals surface area contributed by atoms with Crippen molar-refractivity contribution in [3.63, 3.8) is 0 Å². The molecule has 3 rings (SSSR count). The van der Waals surface area contributed by atoms with Crippen molar-refractivity contribution < 1.29 is 19.0 Å². The number of para-hydroxylation sites is 2. The van der Waals surface area contributed by atoms with Crippen molar-refractivity contribution in [2.75, 3.05) is 20.8 Å². The highest BCUT2D eigenvalue weighted by Crippen LogP contribution is 2.31. The summed E-state index contributed by atoms with van der Waals surface area (Å²) in [5, 5.41) is 4.83. The molecule has 2 aromatic carbocycles. The number of hydrogen-bond donors (Lipinski definition) is 0. The van der Waals surface area contributed by atoms with Crippen LogP contribution in [0.1, 0.15) is 30.1 Å². The summed E-state index contributed by atoms with van der Waals surface area (Å²) >= 11 is 0. The number of methoxy groups -OCH3 is 2. The van der Waals surface area contributed by atoms with Crippen LogP contribution in [0.25, 0.3) is 5.69 Å². The molecule has 1 amide bonds. The highest BCUT2D eigenvalue weighted by molar-refractivity contribution is 5.98. The average molecular weight is 407 g/mol. The lowest BCUT2D eigenvalue weighted by atomic mass is 10.1. The molecular formula is C23H25N3O4. The Balaban J connectivity index is 2.01. The third-order valence-electron chi connectivity index (χ3n) is 4.40. The van der Waals surface area contributed by atoms with Crippen LogP contribution in [0.5, 0.6) is 17.4 Å². The second kappa shape index (κ2) is 10.2. The number of benzene rings is 2. The van der Waals surface area contributed by atoms with Crippen LogP contribution in [0, 0.1) is 0 Å². The minimum atomic E-state index is -0.454. The number of unbranched alkanes of at least 4 members (excludes halogenated alkanes) is 1. The Hall–Kier alpha value is -3.61. The standard InChI is InChI=1S/C23H25N3O4/c1-4-5-14-30-21-15-17(16-24-26(21)18-10-7-6-8-11-18)25-23(27)19-12-9-13-20(28-2)22(19)29-3/h6-13,15-16H,4-5,14H2,1-3H3/b25-17+. The van der Waals surface area contributed by atoms with Gasteiger partial charge in [0.05, 0.1) is 43.6 Å². The van der Waals surface area contributed by atoms with Gasteiger partial charge in [-0.1, -0.05) is 37.6 Å². The zero-order valence-corrected chi connectivity index (χ0v) is 17.4. The van der Waals surface area contributed by atoms with Crippen molar-refractivity contribution in [1.29, 1.82) is 0 Å². The van der Waals surface area contributed by atoms with Gasteiger partial charge in [0.1, 0.15) is 0 Å². The summed E-state index contributed by atoms with van der Waals surface area (Å²) in [5.74, 6) is 0.873. The van der Waals surface area contributed by atoms with Crippen LogP contribution in [-0.4, -0.2) is 36.5 Å². The van der Waals surface area contributed by atoms with Crippen LogP contribution in [0.15, 0.2) is 65.8 Å². The van der Waals surface area contributed by atoms with Gasteiger partial charge in [-0.05, 0) is 30.7 Å². The van der Waals surface area contributed by atoms with E-state index in [0.717, 1.165) is 18.5 Å². The maximum absolute atomic E-state index is 12.8. The highest BCUT2D eigenvalue weighted by atomic mass is 16.5. The first-order chi connectivity index (χ1) is 14.7. The molecule has 7 nitrogen and oxygen atoms in total. The molecule has 0 saturated heterocycles. The molecule has 0 spiro atoms. The maximum atomic E-state index is 12.8. The summed E-state index contributed by atoms with van der Waals surface area (Å²) in [6.45, 7) is 2.64. The quantitative estimate of drug-likeness (QED) is 0.531. The molecule has 0 bridgehead atoms. The molecule has 3 aromatic rings. The fourth-order valence-electron chi connectivity index (χ4n) is 2.88. The summed E-state index contributed by atoms with van der Waals surface area (Å²) in [6, 6.07) is 16.5. The first-order valence-corrected chi connectivity index (χ1v) is 9.75. The maximum Gasteiger partial charge on any atom is 0.281 e. The number of hydrogen-bond acceptors (Lipinski definition) is 5. The summed E-state index contributed by atoms with van der Waals surface area (Å²) in [6.07, 6.45) is 3.46. The Morgan fingerprint density at radius 2 is 1.87 bits per heavy atom. The van der Waals surface area contributed by atoms with Crippen molar-refractivity contribution in [2.45, 2.75) is 19.8 Å². The first-order valence-electron chi connectivity index (χ1n) is 9.75. The number of carbonyl (C=O) groups excluding carboxylic acids is 1. The molecule has 0 atom stereocenters. The largest absolute Gasteiger partial charge is 0.493 e. The topological polar surface area (TPSA) is 74.9 Å². The molecule has 0 aliphatic rings. The summed E-state index contributed by atoms with van der Waals surface area (Å²) in [7, 11) is 3.01. The monoisotopic (exact) mass is 407 g/mol. The zero-order chi connectivity index (χ0) is 21.3. The van der Waals surface area contributed by atoms with Crippen LogP contribution in [-0.2, 0) is 0 Å². The predicted molar refractivity (Wildman–Crippen MR) is 113 cm³/mol. The van der Waals surface area contributed by atoms with Gasteiger partial charge in [0.15, 0.2) is 11.5 Å². The van der Waals surface area contributed by atoms with Gasteiger partial charge < -0.3 is 14.2 Å². The number of rotatable bonds is 8. The second-order valence-corrected chi connectivity index (χ2v) is 6.46. The SMILES string of the molecule is CCCCOc1c/c(=N\C(=O)c2cccc(OC)c2OC)cnn1-c1ccccc1. The van der Waals surface area contributed by atoms with Crippen LogP contribution < -0.4 is 19.6 Å². The molecule has 0 unspecified atom stereocenters. The number of amides is 1. The van der Waals surface area contributed by atoms with Gasteiger partial charge in [0, 0.05) is 6.07 Å². The first kappa shape index (κ1) is 21.1. The van der Waals surface area contributed by atoms with E-state index < -0.39 is 5.91 Å². The van der Waals surface area contributed by atoms with Crippen LogP contribution in [0.4, 0.5) is 0 Å². The smallest absolute Gasteiger partial charge is 0.281 e. The van der Waals surface area contributed by atoms with Gasteiger partial charge in [-0.2, -0.15) is 5.10 Å². The van der Waals surface area contributed by atoms with E-state index in [4.69, 9.17) is 14.2 Å². The number of carbonyl (C=O) groups is 1. The molecular weight excluding hydrogens is 382 g/mol. The highest BCUT2D eigenvalue weighted by Gasteiger charge is 2.16. The normalized spacial score (nSPS) is 11.2. The fraction of sp³-hybridized carbons (Fsp3) is 0.261. The molecule has 0 aliphatic heterocycles. The fourth-order valence-corrected chi connectivity index (χ4v) is 2.88. The Bertz CT molecular complexity index is 1060. The Labute approximate surface area is 175 Å². The average Bonchev–Trinajstić information content (AvgIpc) is 2.79. The van der Waals surface area contributed by atoms with Crippen LogP contribution >= 0.6 is 0 Å². The Morgan fingerprint density at radius 1 is 1.07 bits per heavy atom. The van der Waals surface area contributed by atoms with Crippen molar-refractivity contribution >= 4 is 5.91 Å². The minimum absolute atomic E-state index is 0.310. The van der Waals surface area contributed by atoms with Crippen LogP contribution in [0.3, 0.4) is 0 Å². The lowest BCUT2D eigenvalue weighted by Crippen LogP contribution is -2.16. The number of aromatic nitrogens is 2. The summed E-state index contributed by atoms with van der Waals surface area (Å²) < 4.78 is 18.2. The van der Waals surface area contributed by atoms with E-state index in [1.807, 2.05) is 30.3 Å². The van der Waals surface area contributed by atoms with Crippen molar-refractivity contribution in [3.05, 3.63) is 71.7 Å². The van der Waals surface area contributed by atoms with Crippen molar-refractivity contribution in [2.24, 2.45) is 4.99 Å². The number of ether oxygens (including phenoxy) is 3. The molecule has 0 fully saturated rings. The zero-order valence-electron chi connectivity index (χ0n) is 17.4. The van der Waals surface area contributed by atoms with Gasteiger partial charge in [0.25, 0.3) is 5.91 Å². The van der Waals surface area contributed by atoms with E-state index in [2.05, 4.69) is 17.0 Å². The van der Waals surface area contributed by atoms with Crippen molar-refractivity contribution in [3.8, 4) is 23.1 Å². The molecule has 30 heavy (non-hydrogen) atoms. The van der Waals surface area contributed by atoms with Crippen LogP contribution in [0.2, 0.25) is 0 Å². The van der Waals surface area contributed by atoms with Crippen molar-refractivity contribution in [1.82, 2.24) is 9.78 Å². The molecule has 0 N–H and O–H groups in total. The van der Waals surface area contributed by atoms with E-state index in [1.54, 1.807) is 28.9 Å². The van der Waals surface area contributed by atoms with Gasteiger partial charge in [-0.25, -0.2) is 9.67 Å². The summed E-state index contributed by atoms with van der Waals surface area (Å²) in [4.78, 5) is 17.0. The molecule has 1 heterocycles. The van der Waals surface area contributed by atoms with Gasteiger partial charge in [-0.3, -0.25) is 4.79 Å². The minimum Gasteiger partial charge on any atom is -0.493 e. The van der Waals surface area contributed by atoms with E-state index >= 15 is 0 Å². The third-order valence-corrected chi connectivity index (χ3v) is 4.40. The lowest BCUT2D eigenvalue weighted by Gasteiger charge is -2.13. The predicted octanol–water partition coefficient (Wildman–Crippen LogP) is 3.81. The molecule has 0 radical (unpaired) electrons. The Kier molecular flexibility index (Phi) is 7.21. The molecule has 0 aliphatic carbocycles.